The van der Waals surface area contributed by atoms with Crippen molar-refractivity contribution in [3.05, 3.63) is 0 Å². The van der Waals surface area contributed by atoms with E-state index in [2.05, 4.69) is 36.0 Å². The van der Waals surface area contributed by atoms with Gasteiger partial charge in [-0.15, -0.1) is 11.6 Å². The van der Waals surface area contributed by atoms with Crippen molar-refractivity contribution >= 4 is 17.5 Å². The molecule has 0 aromatic rings. The first-order valence-corrected chi connectivity index (χ1v) is 7.35. The van der Waals surface area contributed by atoms with Crippen molar-refractivity contribution in [1.82, 2.24) is 15.1 Å². The standard InChI is InChI=1S/C13H26ClN3O/c1-11(2)16(3)12-4-7-17(8-5-12)9-6-15-13(18)10-14/h11-12H,4-10H2,1-3H3,(H,15,18). The molecule has 0 aromatic heterocycles. The zero-order valence-electron chi connectivity index (χ0n) is 11.8. The second kappa shape index (κ2) is 7.97. The maximum atomic E-state index is 11.0. The Hall–Kier alpha value is -0.320. The van der Waals surface area contributed by atoms with Crippen molar-refractivity contribution in [2.45, 2.75) is 38.8 Å². The minimum Gasteiger partial charge on any atom is -0.354 e. The predicted molar refractivity (Wildman–Crippen MR) is 76.1 cm³/mol. The van der Waals surface area contributed by atoms with E-state index in [1.807, 2.05) is 0 Å². The molecule has 1 aliphatic rings. The van der Waals surface area contributed by atoms with Crippen LogP contribution in [0.15, 0.2) is 0 Å². The number of likely N-dealkylation sites (tertiary alicyclic amines) is 1. The summed E-state index contributed by atoms with van der Waals surface area (Å²) in [4.78, 5) is 15.9. The van der Waals surface area contributed by atoms with Gasteiger partial charge in [-0.25, -0.2) is 0 Å². The minimum atomic E-state index is -0.0777. The molecule has 0 radical (unpaired) electrons. The number of amides is 1. The highest BCUT2D eigenvalue weighted by Crippen LogP contribution is 2.16. The van der Waals surface area contributed by atoms with Crippen LogP contribution < -0.4 is 5.32 Å². The second-order valence-electron chi connectivity index (χ2n) is 5.32. The number of hydrogen-bond donors (Lipinski definition) is 1. The molecule has 1 rings (SSSR count). The molecule has 18 heavy (non-hydrogen) atoms. The first-order chi connectivity index (χ1) is 8.54. The maximum Gasteiger partial charge on any atom is 0.234 e. The third-order valence-corrected chi connectivity index (χ3v) is 4.06. The van der Waals surface area contributed by atoms with E-state index in [9.17, 15) is 4.79 Å². The molecule has 1 amide bonds. The first kappa shape index (κ1) is 15.7. The van der Waals surface area contributed by atoms with E-state index < -0.39 is 0 Å². The van der Waals surface area contributed by atoms with Gasteiger partial charge in [0.2, 0.25) is 5.91 Å². The molecule has 0 spiro atoms. The Morgan fingerprint density at radius 1 is 1.44 bits per heavy atom. The van der Waals surface area contributed by atoms with E-state index in [0.29, 0.717) is 18.6 Å². The molecular formula is C13H26ClN3O. The van der Waals surface area contributed by atoms with Crippen molar-refractivity contribution in [2.75, 3.05) is 39.1 Å². The van der Waals surface area contributed by atoms with Gasteiger partial charge in [-0.2, -0.15) is 0 Å². The SMILES string of the molecule is CC(C)N(C)C1CCN(CCNC(=O)CCl)CC1. The van der Waals surface area contributed by atoms with E-state index in [1.54, 1.807) is 0 Å². The third-order valence-electron chi connectivity index (χ3n) is 3.82. The Morgan fingerprint density at radius 2 is 2.06 bits per heavy atom. The lowest BCUT2D eigenvalue weighted by Gasteiger charge is -2.38. The predicted octanol–water partition coefficient (Wildman–Crippen LogP) is 1.15. The number of alkyl halides is 1. The largest absolute Gasteiger partial charge is 0.354 e. The zero-order valence-corrected chi connectivity index (χ0v) is 12.5. The number of rotatable bonds is 6. The van der Waals surface area contributed by atoms with Crippen LogP contribution in [0.5, 0.6) is 0 Å². The van der Waals surface area contributed by atoms with Crippen molar-refractivity contribution in [1.29, 1.82) is 0 Å². The Labute approximate surface area is 116 Å². The van der Waals surface area contributed by atoms with Gasteiger partial charge in [-0.05, 0) is 46.8 Å². The monoisotopic (exact) mass is 275 g/mol. The Balaban J connectivity index is 2.17. The highest BCUT2D eigenvalue weighted by atomic mass is 35.5. The van der Waals surface area contributed by atoms with Crippen molar-refractivity contribution in [2.24, 2.45) is 0 Å². The Bertz CT molecular complexity index is 253. The quantitative estimate of drug-likeness (QED) is 0.739. The van der Waals surface area contributed by atoms with Crippen LogP contribution in [0.3, 0.4) is 0 Å². The number of piperidine rings is 1. The number of hydrogen-bond acceptors (Lipinski definition) is 3. The fourth-order valence-corrected chi connectivity index (χ4v) is 2.47. The highest BCUT2D eigenvalue weighted by Gasteiger charge is 2.23. The summed E-state index contributed by atoms with van der Waals surface area (Å²) in [6, 6.07) is 1.32. The molecule has 1 fully saturated rings. The minimum absolute atomic E-state index is 0.0568. The number of nitrogens with zero attached hydrogens (tertiary/aromatic N) is 2. The maximum absolute atomic E-state index is 11.0. The Kier molecular flexibility index (Phi) is 6.97. The molecule has 0 saturated carbocycles. The summed E-state index contributed by atoms with van der Waals surface area (Å²) < 4.78 is 0. The normalized spacial score (nSPS) is 18.6. The summed E-state index contributed by atoms with van der Waals surface area (Å²) in [6.45, 7) is 8.37. The summed E-state index contributed by atoms with van der Waals surface area (Å²) in [5.41, 5.74) is 0. The van der Waals surface area contributed by atoms with Gasteiger partial charge in [0.05, 0.1) is 0 Å². The lowest BCUT2D eigenvalue weighted by molar-refractivity contribution is -0.118. The van der Waals surface area contributed by atoms with Gasteiger partial charge in [-0.1, -0.05) is 0 Å². The van der Waals surface area contributed by atoms with Crippen molar-refractivity contribution in [3.8, 4) is 0 Å². The number of halogens is 1. The molecule has 1 N–H and O–H groups in total. The lowest BCUT2D eigenvalue weighted by atomic mass is 10.0. The second-order valence-corrected chi connectivity index (χ2v) is 5.58. The summed E-state index contributed by atoms with van der Waals surface area (Å²) in [5, 5.41) is 2.81. The van der Waals surface area contributed by atoms with Crippen molar-refractivity contribution < 1.29 is 4.79 Å². The van der Waals surface area contributed by atoms with E-state index in [1.165, 1.54) is 12.8 Å². The summed E-state index contributed by atoms with van der Waals surface area (Å²) >= 11 is 5.43. The summed E-state index contributed by atoms with van der Waals surface area (Å²) in [7, 11) is 2.21. The van der Waals surface area contributed by atoms with Crippen LogP contribution >= 0.6 is 11.6 Å². The third kappa shape index (κ3) is 5.12. The molecule has 0 unspecified atom stereocenters. The molecule has 0 atom stereocenters. The van der Waals surface area contributed by atoms with Crippen LogP contribution in [0, 0.1) is 0 Å². The first-order valence-electron chi connectivity index (χ1n) is 6.81. The van der Waals surface area contributed by atoms with Crippen LogP contribution in [0.2, 0.25) is 0 Å². The van der Waals surface area contributed by atoms with Gasteiger partial charge in [0.25, 0.3) is 0 Å². The van der Waals surface area contributed by atoms with Crippen molar-refractivity contribution in [3.63, 3.8) is 0 Å². The molecule has 106 valence electrons. The van der Waals surface area contributed by atoms with E-state index >= 15 is 0 Å². The van der Waals surface area contributed by atoms with Gasteiger partial charge in [0.1, 0.15) is 5.88 Å². The molecule has 1 aliphatic heterocycles. The molecule has 0 bridgehead atoms. The number of carbonyl (C=O) groups excluding carboxylic acids is 1. The molecule has 5 heteroatoms. The summed E-state index contributed by atoms with van der Waals surface area (Å²) in [6.07, 6.45) is 2.44. The molecule has 0 aromatic carbocycles. The molecule has 1 saturated heterocycles. The number of carbonyl (C=O) groups is 1. The van der Waals surface area contributed by atoms with Gasteiger partial charge >= 0.3 is 0 Å². The van der Waals surface area contributed by atoms with Gasteiger partial charge in [0, 0.05) is 25.2 Å². The van der Waals surface area contributed by atoms with Gasteiger partial charge in [0.15, 0.2) is 0 Å². The van der Waals surface area contributed by atoms with E-state index in [0.717, 1.165) is 19.6 Å². The van der Waals surface area contributed by atoms with E-state index in [4.69, 9.17) is 11.6 Å². The molecule has 1 heterocycles. The van der Waals surface area contributed by atoms with Gasteiger partial charge in [-0.3, -0.25) is 4.79 Å². The van der Waals surface area contributed by atoms with Crippen LogP contribution in [0.25, 0.3) is 0 Å². The van der Waals surface area contributed by atoms with E-state index in [-0.39, 0.29) is 11.8 Å². The average molecular weight is 276 g/mol. The van der Waals surface area contributed by atoms with Crippen LogP contribution in [0.1, 0.15) is 26.7 Å². The smallest absolute Gasteiger partial charge is 0.234 e. The topological polar surface area (TPSA) is 35.6 Å². The van der Waals surface area contributed by atoms with Gasteiger partial charge < -0.3 is 15.1 Å². The van der Waals surface area contributed by atoms with Crippen LogP contribution in [-0.4, -0.2) is 66.9 Å². The zero-order chi connectivity index (χ0) is 13.5. The summed E-state index contributed by atoms with van der Waals surface area (Å²) in [5.74, 6) is -0.0209. The highest BCUT2D eigenvalue weighted by molar-refractivity contribution is 6.27. The fourth-order valence-electron chi connectivity index (χ4n) is 2.37. The lowest BCUT2D eigenvalue weighted by Crippen LogP contribution is -2.47. The molecule has 4 nitrogen and oxygen atoms in total. The van der Waals surface area contributed by atoms with Crippen LogP contribution in [-0.2, 0) is 4.79 Å². The number of nitrogens with one attached hydrogen (secondary N) is 1. The Morgan fingerprint density at radius 3 is 2.56 bits per heavy atom. The fraction of sp³-hybridized carbons (Fsp3) is 0.923. The molecule has 0 aliphatic carbocycles. The van der Waals surface area contributed by atoms with Crippen LogP contribution in [0.4, 0.5) is 0 Å². The average Bonchev–Trinajstić information content (AvgIpc) is 2.38. The molecular weight excluding hydrogens is 250 g/mol.